The molecule has 102 valence electrons. The van der Waals surface area contributed by atoms with Crippen molar-refractivity contribution >= 4 is 29.1 Å². The molecule has 1 aromatic rings. The van der Waals surface area contributed by atoms with E-state index in [9.17, 15) is 14.4 Å². The van der Waals surface area contributed by atoms with Crippen LogP contribution in [0.5, 0.6) is 0 Å². The lowest BCUT2D eigenvalue weighted by Crippen LogP contribution is -2.56. The first kappa shape index (κ1) is 13.5. The Labute approximate surface area is 113 Å². The largest absolute Gasteiger partial charge is 0.476 e. The van der Waals surface area contributed by atoms with E-state index in [1.165, 1.54) is 10.3 Å². The van der Waals surface area contributed by atoms with Gasteiger partial charge in [-0.25, -0.2) is 9.78 Å². The van der Waals surface area contributed by atoms with Crippen LogP contribution in [0.15, 0.2) is 5.38 Å². The van der Waals surface area contributed by atoms with Crippen molar-refractivity contribution in [3.05, 3.63) is 16.1 Å². The molecule has 0 bridgehead atoms. The van der Waals surface area contributed by atoms with Crippen LogP contribution in [0.1, 0.15) is 33.6 Å². The number of aromatic carboxylic acids is 1. The van der Waals surface area contributed by atoms with Crippen molar-refractivity contribution in [2.45, 2.75) is 19.4 Å². The summed E-state index contributed by atoms with van der Waals surface area (Å²) in [4.78, 5) is 39.9. The van der Waals surface area contributed by atoms with Gasteiger partial charge < -0.3 is 15.3 Å². The quantitative estimate of drug-likeness (QED) is 0.825. The molecule has 19 heavy (non-hydrogen) atoms. The van der Waals surface area contributed by atoms with Crippen molar-refractivity contribution in [1.29, 1.82) is 0 Å². The molecule has 1 atom stereocenters. The summed E-state index contributed by atoms with van der Waals surface area (Å²) in [5.41, 5.74) is -0.150. The van der Waals surface area contributed by atoms with Crippen molar-refractivity contribution in [3.8, 4) is 0 Å². The van der Waals surface area contributed by atoms with E-state index in [4.69, 9.17) is 5.11 Å². The number of carbonyl (C=O) groups is 3. The van der Waals surface area contributed by atoms with Gasteiger partial charge in [0, 0.05) is 18.5 Å². The van der Waals surface area contributed by atoms with Crippen LogP contribution in [-0.2, 0) is 4.79 Å². The fourth-order valence-electron chi connectivity index (χ4n) is 1.96. The third-order valence-electron chi connectivity index (χ3n) is 2.88. The third-order valence-corrected chi connectivity index (χ3v) is 3.71. The first-order valence-corrected chi connectivity index (χ1v) is 6.70. The predicted octanol–water partition coefficient (Wildman–Crippen LogP) is 0.192. The molecule has 2 heterocycles. The molecule has 2 amide bonds. The summed E-state index contributed by atoms with van der Waals surface area (Å²) in [5.74, 6) is -1.74. The van der Waals surface area contributed by atoms with Gasteiger partial charge in [-0.05, 0) is 6.42 Å². The van der Waals surface area contributed by atoms with Crippen molar-refractivity contribution < 1.29 is 19.5 Å². The number of amides is 2. The normalized spacial score (nSPS) is 19.1. The Balaban J connectivity index is 2.21. The van der Waals surface area contributed by atoms with Crippen molar-refractivity contribution in [1.82, 2.24) is 15.2 Å². The number of thiazole rings is 1. The standard InChI is InChI=1S/C11H13N3O4S/c1-2-7-8(15)12-3-4-14(7)10(16)9-13-6(5-19-9)11(17)18/h5,7H,2-4H2,1H3,(H,12,15)(H,17,18). The molecular formula is C11H13N3O4S. The topological polar surface area (TPSA) is 99.6 Å². The summed E-state index contributed by atoms with van der Waals surface area (Å²) in [6, 6.07) is -0.515. The maximum Gasteiger partial charge on any atom is 0.355 e. The Morgan fingerprint density at radius 1 is 1.63 bits per heavy atom. The van der Waals surface area contributed by atoms with Crippen molar-refractivity contribution in [3.63, 3.8) is 0 Å². The van der Waals surface area contributed by atoms with Gasteiger partial charge in [-0.2, -0.15) is 0 Å². The van der Waals surface area contributed by atoms with Gasteiger partial charge in [-0.15, -0.1) is 11.3 Å². The van der Waals surface area contributed by atoms with Crippen molar-refractivity contribution in [2.75, 3.05) is 13.1 Å². The Morgan fingerprint density at radius 3 is 2.95 bits per heavy atom. The molecule has 1 aliphatic heterocycles. The minimum Gasteiger partial charge on any atom is -0.476 e. The number of carbonyl (C=O) groups excluding carboxylic acids is 2. The van der Waals surface area contributed by atoms with Gasteiger partial charge in [0.1, 0.15) is 6.04 Å². The van der Waals surface area contributed by atoms with Gasteiger partial charge in [0.2, 0.25) is 5.91 Å². The molecule has 0 radical (unpaired) electrons. The molecule has 0 spiro atoms. The zero-order valence-electron chi connectivity index (χ0n) is 10.3. The van der Waals surface area contributed by atoms with Crippen LogP contribution in [-0.4, -0.2) is 51.9 Å². The fourth-order valence-corrected chi connectivity index (χ4v) is 2.70. The summed E-state index contributed by atoms with van der Waals surface area (Å²) >= 11 is 0.979. The molecule has 2 N–H and O–H groups in total. The van der Waals surface area contributed by atoms with Gasteiger partial charge in [-0.3, -0.25) is 9.59 Å². The van der Waals surface area contributed by atoms with Crippen LogP contribution in [0.2, 0.25) is 0 Å². The molecule has 1 fully saturated rings. The maximum atomic E-state index is 12.3. The van der Waals surface area contributed by atoms with E-state index in [2.05, 4.69) is 10.3 Å². The van der Waals surface area contributed by atoms with E-state index in [0.717, 1.165) is 11.3 Å². The van der Waals surface area contributed by atoms with Crippen LogP contribution in [0.25, 0.3) is 0 Å². The summed E-state index contributed by atoms with van der Waals surface area (Å²) in [6.07, 6.45) is 0.509. The molecule has 1 unspecified atom stereocenters. The molecule has 8 heteroatoms. The van der Waals surface area contributed by atoms with Crippen LogP contribution >= 0.6 is 11.3 Å². The number of hydrogen-bond donors (Lipinski definition) is 2. The van der Waals surface area contributed by atoms with E-state index < -0.39 is 12.0 Å². The van der Waals surface area contributed by atoms with Crippen molar-refractivity contribution in [2.24, 2.45) is 0 Å². The molecule has 0 aromatic carbocycles. The highest BCUT2D eigenvalue weighted by Gasteiger charge is 2.33. The van der Waals surface area contributed by atoms with E-state index >= 15 is 0 Å². The smallest absolute Gasteiger partial charge is 0.355 e. The molecule has 7 nitrogen and oxygen atoms in total. The van der Waals surface area contributed by atoms with Gasteiger partial charge in [0.05, 0.1) is 0 Å². The molecule has 1 saturated heterocycles. The first-order chi connectivity index (χ1) is 9.04. The van der Waals surface area contributed by atoms with Gasteiger partial charge in [0.25, 0.3) is 5.91 Å². The Morgan fingerprint density at radius 2 is 2.37 bits per heavy atom. The number of nitrogens with one attached hydrogen (secondary N) is 1. The average Bonchev–Trinajstić information content (AvgIpc) is 2.87. The number of aromatic nitrogens is 1. The molecule has 1 aromatic heterocycles. The maximum absolute atomic E-state index is 12.3. The third kappa shape index (κ3) is 2.58. The summed E-state index contributed by atoms with van der Waals surface area (Å²) in [6.45, 7) is 2.63. The second-order valence-corrected chi connectivity index (χ2v) is 4.91. The van der Waals surface area contributed by atoms with Crippen LogP contribution in [0.4, 0.5) is 0 Å². The van der Waals surface area contributed by atoms with E-state index in [1.807, 2.05) is 6.92 Å². The van der Waals surface area contributed by atoms with E-state index in [1.54, 1.807) is 0 Å². The monoisotopic (exact) mass is 283 g/mol. The Hall–Kier alpha value is -1.96. The van der Waals surface area contributed by atoms with Gasteiger partial charge in [-0.1, -0.05) is 6.92 Å². The van der Waals surface area contributed by atoms with E-state index in [-0.39, 0.29) is 22.5 Å². The van der Waals surface area contributed by atoms with Crippen LogP contribution < -0.4 is 5.32 Å². The predicted molar refractivity (Wildman–Crippen MR) is 67.2 cm³/mol. The molecule has 2 rings (SSSR count). The van der Waals surface area contributed by atoms with E-state index in [0.29, 0.717) is 19.5 Å². The molecule has 0 saturated carbocycles. The molecular weight excluding hydrogens is 270 g/mol. The highest BCUT2D eigenvalue weighted by Crippen LogP contribution is 2.17. The minimum atomic E-state index is -1.17. The molecule has 1 aliphatic rings. The lowest BCUT2D eigenvalue weighted by Gasteiger charge is -2.33. The lowest BCUT2D eigenvalue weighted by atomic mass is 10.1. The molecule has 0 aliphatic carbocycles. The Kier molecular flexibility index (Phi) is 3.79. The summed E-state index contributed by atoms with van der Waals surface area (Å²) < 4.78 is 0. The SMILES string of the molecule is CCC1C(=O)NCCN1C(=O)c1nc(C(=O)O)cs1. The second kappa shape index (κ2) is 5.35. The van der Waals surface area contributed by atoms with Crippen LogP contribution in [0.3, 0.4) is 0 Å². The number of rotatable bonds is 3. The average molecular weight is 283 g/mol. The fraction of sp³-hybridized carbons (Fsp3) is 0.455. The van der Waals surface area contributed by atoms with Crippen LogP contribution in [0, 0.1) is 0 Å². The number of carboxylic acids is 1. The highest BCUT2D eigenvalue weighted by atomic mass is 32.1. The summed E-state index contributed by atoms with van der Waals surface area (Å²) in [7, 11) is 0. The van der Waals surface area contributed by atoms with Gasteiger partial charge >= 0.3 is 5.97 Å². The minimum absolute atomic E-state index is 0.102. The lowest BCUT2D eigenvalue weighted by molar-refractivity contribution is -0.127. The number of piperazine rings is 1. The second-order valence-electron chi connectivity index (χ2n) is 4.06. The zero-order valence-corrected chi connectivity index (χ0v) is 11.1. The summed E-state index contributed by atoms with van der Waals surface area (Å²) in [5, 5.41) is 12.9. The zero-order chi connectivity index (χ0) is 14.0. The van der Waals surface area contributed by atoms with Gasteiger partial charge in [0.15, 0.2) is 10.7 Å². The number of nitrogens with zero attached hydrogens (tertiary/aromatic N) is 2. The number of carboxylic acid groups (broad SMARTS) is 1. The Bertz CT molecular complexity index is 528. The number of hydrogen-bond acceptors (Lipinski definition) is 5. The highest BCUT2D eigenvalue weighted by molar-refractivity contribution is 7.11. The first-order valence-electron chi connectivity index (χ1n) is 5.82.